The molecule has 4 nitrogen and oxygen atoms in total. The number of hydrogen-bond donors (Lipinski definition) is 1. The maximum Gasteiger partial charge on any atom is 0.243 e. The van der Waals surface area contributed by atoms with Gasteiger partial charge in [-0.1, -0.05) is 26.0 Å². The second kappa shape index (κ2) is 5.84. The van der Waals surface area contributed by atoms with E-state index in [1.54, 1.807) is 25.1 Å². The Kier molecular flexibility index (Phi) is 4.52. The van der Waals surface area contributed by atoms with E-state index in [0.717, 1.165) is 12.0 Å². The number of hydrogen-bond acceptors (Lipinski definition) is 3. The van der Waals surface area contributed by atoms with Crippen molar-refractivity contribution < 1.29 is 13.5 Å². The predicted octanol–water partition coefficient (Wildman–Crippen LogP) is 2.20. The van der Waals surface area contributed by atoms with Crippen molar-refractivity contribution in [3.8, 4) is 0 Å². The molecule has 2 unspecified atom stereocenters. The molecule has 0 amide bonds. The second-order valence-corrected chi connectivity index (χ2v) is 7.82. The van der Waals surface area contributed by atoms with Gasteiger partial charge in [0.25, 0.3) is 0 Å². The Balaban J connectivity index is 2.25. The Hall–Kier alpha value is -0.910. The largest absolute Gasteiger partial charge is 0.393 e. The van der Waals surface area contributed by atoms with Crippen molar-refractivity contribution in [1.82, 2.24) is 4.31 Å². The molecule has 20 heavy (non-hydrogen) atoms. The molecule has 1 aromatic carbocycles. The van der Waals surface area contributed by atoms with Crippen LogP contribution in [0.25, 0.3) is 0 Å². The van der Waals surface area contributed by atoms with Crippen LogP contribution in [0.2, 0.25) is 0 Å². The molecule has 1 saturated heterocycles. The molecule has 112 valence electrons. The van der Waals surface area contributed by atoms with Crippen LogP contribution < -0.4 is 0 Å². The highest BCUT2D eigenvalue weighted by Crippen LogP contribution is 2.27. The van der Waals surface area contributed by atoms with E-state index >= 15 is 0 Å². The van der Waals surface area contributed by atoms with E-state index in [0.29, 0.717) is 23.9 Å². The lowest BCUT2D eigenvalue weighted by Gasteiger charge is -2.18. The molecule has 0 bridgehead atoms. The number of sulfonamides is 1. The Morgan fingerprint density at radius 1 is 1.30 bits per heavy atom. The Morgan fingerprint density at radius 2 is 2.00 bits per heavy atom. The van der Waals surface area contributed by atoms with Gasteiger partial charge in [0, 0.05) is 13.1 Å². The number of nitrogens with zero attached hydrogens (tertiary/aromatic N) is 1. The molecule has 1 heterocycles. The molecule has 0 spiro atoms. The Labute approximate surface area is 121 Å². The lowest BCUT2D eigenvalue weighted by molar-refractivity contribution is 0.133. The van der Waals surface area contributed by atoms with Crippen LogP contribution in [0.1, 0.15) is 38.7 Å². The topological polar surface area (TPSA) is 57.6 Å². The zero-order chi connectivity index (χ0) is 14.9. The summed E-state index contributed by atoms with van der Waals surface area (Å²) in [7, 11) is -3.44. The van der Waals surface area contributed by atoms with E-state index in [2.05, 4.69) is 0 Å². The normalized spacial score (nSPS) is 22.4. The van der Waals surface area contributed by atoms with Gasteiger partial charge in [-0.3, -0.25) is 0 Å². The molecule has 1 aliphatic rings. The summed E-state index contributed by atoms with van der Waals surface area (Å²) in [6.07, 6.45) is 0.262. The maximum absolute atomic E-state index is 12.6. The molecule has 2 rings (SSSR count). The van der Waals surface area contributed by atoms with Crippen molar-refractivity contribution in [3.63, 3.8) is 0 Å². The lowest BCUT2D eigenvalue weighted by atomic mass is 10.0. The van der Waals surface area contributed by atoms with Gasteiger partial charge >= 0.3 is 0 Å². The minimum atomic E-state index is -3.44. The minimum absolute atomic E-state index is 0.0399. The summed E-state index contributed by atoms with van der Waals surface area (Å²) in [5, 5.41) is 9.60. The first kappa shape index (κ1) is 15.5. The molecule has 1 aliphatic heterocycles. The number of aliphatic hydroxyl groups excluding tert-OH is 1. The van der Waals surface area contributed by atoms with Crippen molar-refractivity contribution in [2.45, 2.75) is 44.1 Å². The van der Waals surface area contributed by atoms with Gasteiger partial charge in [0.15, 0.2) is 0 Å². The maximum atomic E-state index is 12.6. The zero-order valence-electron chi connectivity index (χ0n) is 12.3. The first-order valence-corrected chi connectivity index (χ1v) is 8.54. The Bertz CT molecular complexity index is 566. The minimum Gasteiger partial charge on any atom is -0.393 e. The molecular weight excluding hydrogens is 274 g/mol. The van der Waals surface area contributed by atoms with Gasteiger partial charge in [-0.2, -0.15) is 4.31 Å². The SMILES string of the molecule is CC(C)c1cccc(S(=O)(=O)N2CCC(C(C)O)C2)c1. The van der Waals surface area contributed by atoms with Crippen LogP contribution in [0.15, 0.2) is 29.2 Å². The van der Waals surface area contributed by atoms with Crippen molar-refractivity contribution in [1.29, 1.82) is 0 Å². The van der Waals surface area contributed by atoms with Crippen molar-refractivity contribution in [2.75, 3.05) is 13.1 Å². The monoisotopic (exact) mass is 297 g/mol. The summed E-state index contributed by atoms with van der Waals surface area (Å²) in [4.78, 5) is 0.356. The molecule has 1 fully saturated rings. The van der Waals surface area contributed by atoms with Gasteiger partial charge in [0.1, 0.15) is 0 Å². The van der Waals surface area contributed by atoms with Gasteiger partial charge < -0.3 is 5.11 Å². The summed E-state index contributed by atoms with van der Waals surface area (Å²) >= 11 is 0. The predicted molar refractivity (Wildman–Crippen MR) is 79.1 cm³/mol. The standard InChI is InChI=1S/C15H23NO3S/c1-11(2)13-5-4-6-15(9-13)20(18,19)16-8-7-14(10-16)12(3)17/h4-6,9,11-12,14,17H,7-8,10H2,1-3H3. The second-order valence-electron chi connectivity index (χ2n) is 5.88. The van der Waals surface area contributed by atoms with E-state index in [4.69, 9.17) is 0 Å². The Morgan fingerprint density at radius 3 is 2.55 bits per heavy atom. The molecular formula is C15H23NO3S. The van der Waals surface area contributed by atoms with Crippen LogP contribution in [-0.4, -0.2) is 37.0 Å². The molecule has 1 N–H and O–H groups in total. The van der Waals surface area contributed by atoms with Gasteiger partial charge in [-0.05, 0) is 42.9 Å². The fourth-order valence-electron chi connectivity index (χ4n) is 2.55. The van der Waals surface area contributed by atoms with Gasteiger partial charge in [0.05, 0.1) is 11.0 Å². The van der Waals surface area contributed by atoms with Crippen LogP contribution >= 0.6 is 0 Å². The van der Waals surface area contributed by atoms with Crippen molar-refractivity contribution in [3.05, 3.63) is 29.8 Å². The van der Waals surface area contributed by atoms with Crippen LogP contribution in [0.3, 0.4) is 0 Å². The first-order chi connectivity index (χ1) is 9.32. The highest BCUT2D eigenvalue weighted by molar-refractivity contribution is 7.89. The summed E-state index contributed by atoms with van der Waals surface area (Å²) in [5.41, 5.74) is 1.03. The van der Waals surface area contributed by atoms with E-state index in [1.807, 2.05) is 19.9 Å². The molecule has 0 aliphatic carbocycles. The fraction of sp³-hybridized carbons (Fsp3) is 0.600. The van der Waals surface area contributed by atoms with Gasteiger partial charge in [-0.25, -0.2) is 8.42 Å². The van der Waals surface area contributed by atoms with Crippen LogP contribution in [0.5, 0.6) is 0 Å². The molecule has 0 aromatic heterocycles. The van der Waals surface area contributed by atoms with Crippen molar-refractivity contribution in [2.24, 2.45) is 5.92 Å². The third-order valence-electron chi connectivity index (χ3n) is 4.03. The van der Waals surface area contributed by atoms with Crippen LogP contribution in [0.4, 0.5) is 0 Å². The average Bonchev–Trinajstić information content (AvgIpc) is 2.89. The van der Waals surface area contributed by atoms with Gasteiger partial charge in [-0.15, -0.1) is 0 Å². The third kappa shape index (κ3) is 3.05. The summed E-state index contributed by atoms with van der Waals surface area (Å²) in [6, 6.07) is 7.16. The molecule has 0 radical (unpaired) electrons. The summed E-state index contributed by atoms with van der Waals surface area (Å²) in [5.74, 6) is 0.340. The van der Waals surface area contributed by atoms with Crippen LogP contribution in [-0.2, 0) is 10.0 Å². The van der Waals surface area contributed by atoms with Crippen molar-refractivity contribution >= 4 is 10.0 Å². The number of aliphatic hydroxyl groups is 1. The summed E-state index contributed by atoms with van der Waals surface area (Å²) in [6.45, 7) is 6.71. The molecule has 2 atom stereocenters. The fourth-order valence-corrected chi connectivity index (χ4v) is 4.12. The number of rotatable bonds is 4. The van der Waals surface area contributed by atoms with E-state index in [-0.39, 0.29) is 5.92 Å². The smallest absolute Gasteiger partial charge is 0.243 e. The molecule has 0 saturated carbocycles. The first-order valence-electron chi connectivity index (χ1n) is 7.10. The quantitative estimate of drug-likeness (QED) is 0.927. The van der Waals surface area contributed by atoms with Gasteiger partial charge in [0.2, 0.25) is 10.0 Å². The van der Waals surface area contributed by atoms with E-state index in [9.17, 15) is 13.5 Å². The lowest BCUT2D eigenvalue weighted by Crippen LogP contribution is -2.30. The highest BCUT2D eigenvalue weighted by atomic mass is 32.2. The van der Waals surface area contributed by atoms with E-state index in [1.165, 1.54) is 4.31 Å². The highest BCUT2D eigenvalue weighted by Gasteiger charge is 2.34. The van der Waals surface area contributed by atoms with Crippen LogP contribution in [0, 0.1) is 5.92 Å². The van der Waals surface area contributed by atoms with E-state index < -0.39 is 16.1 Å². The average molecular weight is 297 g/mol. The summed E-state index contributed by atoms with van der Waals surface area (Å²) < 4.78 is 26.7. The number of benzene rings is 1. The third-order valence-corrected chi connectivity index (χ3v) is 5.89. The molecule has 1 aromatic rings. The zero-order valence-corrected chi connectivity index (χ0v) is 13.1. The molecule has 5 heteroatoms.